The molecule has 2 bridgehead atoms. The minimum absolute atomic E-state index is 0.925. The molecular weight excluding hydrogens is 342 g/mol. The van der Waals surface area contributed by atoms with Crippen LogP contribution in [-0.2, 0) is 9.13 Å². The van der Waals surface area contributed by atoms with Gasteiger partial charge in [0.15, 0.2) is 5.90 Å². The highest BCUT2D eigenvalue weighted by Crippen LogP contribution is 2.52. The number of rotatable bonds is 2. The van der Waals surface area contributed by atoms with Gasteiger partial charge in [-0.25, -0.2) is 0 Å². The summed E-state index contributed by atoms with van der Waals surface area (Å²) in [5.41, 5.74) is 9.00. The quantitative estimate of drug-likeness (QED) is 0.307. The summed E-state index contributed by atoms with van der Waals surface area (Å²) in [7, 11) is -6.10. The first-order valence-corrected chi connectivity index (χ1v) is 10.8. The smallest absolute Gasteiger partial charge is 0.333 e. The van der Waals surface area contributed by atoms with Gasteiger partial charge >= 0.3 is 15.2 Å². The predicted octanol–water partition coefficient (Wildman–Crippen LogP) is 0.834. The first kappa shape index (κ1) is 22.7. The van der Waals surface area contributed by atoms with Gasteiger partial charge in [0, 0.05) is 0 Å². The molecule has 8 nitrogen and oxygen atoms in total. The third kappa shape index (κ3) is 7.88. The van der Waals surface area contributed by atoms with Crippen LogP contribution in [0.5, 0.6) is 0 Å². The monoisotopic (exact) mass is 370 g/mol. The molecule has 1 saturated carbocycles. The summed E-state index contributed by atoms with van der Waals surface area (Å²) in [6.45, 7) is 0. The third-order valence-corrected chi connectivity index (χ3v) is 6.77. The van der Waals surface area contributed by atoms with Gasteiger partial charge < -0.3 is 31.0 Å². The summed E-state index contributed by atoms with van der Waals surface area (Å²) < 4.78 is 19.7. The van der Waals surface area contributed by atoms with Crippen LogP contribution in [0.4, 0.5) is 0 Å². The molecule has 8 N–H and O–H groups in total. The molecule has 3 rings (SSSR count). The molecule has 0 aromatic rings. The highest BCUT2D eigenvalue weighted by molar-refractivity contribution is 7.69. The Morgan fingerprint density at radius 2 is 1.39 bits per heavy atom. The molecule has 3 aliphatic rings. The molecule has 23 heavy (non-hydrogen) atoms. The molecule has 136 valence electrons. The summed E-state index contributed by atoms with van der Waals surface area (Å²) in [5, 5.41) is 0. The molecule has 1 fully saturated rings. The highest BCUT2D eigenvalue weighted by atomic mass is 31.2. The average Bonchev–Trinajstić information content (AvgIpc) is 3.14. The van der Waals surface area contributed by atoms with E-state index in [-0.39, 0.29) is 0 Å². The SMILES string of the molecule is C1=CC2C3C=CC(C3)C2C1.CN.CN.O=P(O)(O)CP(=O)(O)O. The fraction of sp³-hybridized carbons (Fsp3) is 0.692. The van der Waals surface area contributed by atoms with Crippen molar-refractivity contribution in [2.24, 2.45) is 35.1 Å². The maximum Gasteiger partial charge on any atom is 0.337 e. The van der Waals surface area contributed by atoms with Crippen molar-refractivity contribution >= 4 is 15.2 Å². The van der Waals surface area contributed by atoms with Crippen molar-refractivity contribution in [1.82, 2.24) is 0 Å². The second-order valence-corrected chi connectivity index (χ2v) is 9.11. The summed E-state index contributed by atoms with van der Waals surface area (Å²) in [5.74, 6) is 2.45. The summed E-state index contributed by atoms with van der Waals surface area (Å²) in [6.07, 6.45) is 12.5. The molecule has 0 amide bonds. The van der Waals surface area contributed by atoms with Crippen LogP contribution in [-0.4, -0.2) is 39.6 Å². The molecule has 0 radical (unpaired) electrons. The van der Waals surface area contributed by atoms with Crippen LogP contribution in [0.25, 0.3) is 0 Å². The van der Waals surface area contributed by atoms with Gasteiger partial charge in [-0.3, -0.25) is 9.13 Å². The zero-order valence-corrected chi connectivity index (χ0v) is 15.2. The van der Waals surface area contributed by atoms with E-state index in [0.29, 0.717) is 0 Å². The molecule has 0 spiro atoms. The summed E-state index contributed by atoms with van der Waals surface area (Å²) >= 11 is 0. The average molecular weight is 370 g/mol. The molecule has 4 unspecified atom stereocenters. The van der Waals surface area contributed by atoms with Gasteiger partial charge in [-0.05, 0) is 50.6 Å². The minimum atomic E-state index is -4.55. The van der Waals surface area contributed by atoms with Gasteiger partial charge in [-0.2, -0.15) is 0 Å². The molecule has 0 aliphatic heterocycles. The molecule has 0 aromatic heterocycles. The van der Waals surface area contributed by atoms with Crippen LogP contribution >= 0.6 is 15.2 Å². The fourth-order valence-corrected chi connectivity index (χ4v) is 5.13. The van der Waals surface area contributed by atoms with Crippen LogP contribution in [0.15, 0.2) is 24.3 Å². The first-order chi connectivity index (χ1) is 10.7. The maximum absolute atomic E-state index is 9.85. The van der Waals surface area contributed by atoms with Crippen molar-refractivity contribution in [1.29, 1.82) is 0 Å². The normalized spacial score (nSPS) is 29.6. The van der Waals surface area contributed by atoms with E-state index in [0.717, 1.165) is 23.7 Å². The molecule has 0 aromatic carbocycles. The minimum Gasteiger partial charge on any atom is -0.333 e. The Labute approximate surface area is 137 Å². The van der Waals surface area contributed by atoms with Crippen LogP contribution in [0.2, 0.25) is 0 Å². The van der Waals surface area contributed by atoms with E-state index in [4.69, 9.17) is 19.6 Å². The zero-order chi connectivity index (χ0) is 18.3. The second kappa shape index (κ2) is 9.87. The van der Waals surface area contributed by atoms with Crippen LogP contribution in [0.1, 0.15) is 12.8 Å². The van der Waals surface area contributed by atoms with Crippen LogP contribution < -0.4 is 11.5 Å². The topological polar surface area (TPSA) is 167 Å². The van der Waals surface area contributed by atoms with E-state index in [9.17, 15) is 9.13 Å². The van der Waals surface area contributed by atoms with Gasteiger partial charge in [-0.15, -0.1) is 0 Å². The van der Waals surface area contributed by atoms with E-state index in [1.54, 1.807) is 0 Å². The van der Waals surface area contributed by atoms with Gasteiger partial charge in [0.05, 0.1) is 0 Å². The number of hydrogen-bond donors (Lipinski definition) is 6. The molecular formula is C13H28N2O6P2. The Kier molecular flexibility index (Phi) is 9.74. The maximum atomic E-state index is 9.85. The Balaban J connectivity index is 0.000000350. The summed E-state index contributed by atoms with van der Waals surface area (Å²) in [4.78, 5) is 31.9. The predicted molar refractivity (Wildman–Crippen MR) is 90.7 cm³/mol. The lowest BCUT2D eigenvalue weighted by Crippen LogP contribution is -2.12. The lowest BCUT2D eigenvalue weighted by Gasteiger charge is -2.18. The molecule has 0 saturated heterocycles. The van der Waals surface area contributed by atoms with Crippen molar-refractivity contribution in [3.63, 3.8) is 0 Å². The van der Waals surface area contributed by atoms with Crippen molar-refractivity contribution in [2.45, 2.75) is 12.8 Å². The Bertz CT molecular complexity index is 479. The summed E-state index contributed by atoms with van der Waals surface area (Å²) in [6, 6.07) is 0. The Morgan fingerprint density at radius 3 is 1.78 bits per heavy atom. The van der Waals surface area contributed by atoms with Crippen LogP contribution in [0.3, 0.4) is 0 Å². The van der Waals surface area contributed by atoms with Crippen LogP contribution in [0, 0.1) is 23.7 Å². The highest BCUT2D eigenvalue weighted by Gasteiger charge is 2.44. The molecule has 3 aliphatic carbocycles. The lowest BCUT2D eigenvalue weighted by molar-refractivity contribution is 0.357. The van der Waals surface area contributed by atoms with Crippen molar-refractivity contribution in [3.8, 4) is 0 Å². The van der Waals surface area contributed by atoms with Crippen molar-refractivity contribution < 1.29 is 28.7 Å². The van der Waals surface area contributed by atoms with E-state index in [1.165, 1.54) is 26.9 Å². The van der Waals surface area contributed by atoms with Crippen molar-refractivity contribution in [3.05, 3.63) is 24.3 Å². The first-order valence-electron chi connectivity index (χ1n) is 7.25. The standard InChI is InChI=1S/C10H12.2CH5N.CH6O6P2/c1-2-9-7-4-5-8(6-7)10(9)3-1;2*1-2;2-8(3,4)1-9(5,6)7/h1-2,4-5,7-10H,3,6H2;2*2H2,1H3;1H2,(H2,2,3,4)(H2,5,6,7). The number of nitrogens with two attached hydrogens (primary N) is 2. The number of fused-ring (bicyclic) bond motifs is 5. The Hall–Kier alpha value is -0.300. The molecule has 4 atom stereocenters. The van der Waals surface area contributed by atoms with E-state index in [1.807, 2.05) is 0 Å². The van der Waals surface area contributed by atoms with E-state index in [2.05, 4.69) is 35.8 Å². The number of hydrogen-bond acceptors (Lipinski definition) is 4. The van der Waals surface area contributed by atoms with Gasteiger partial charge in [0.2, 0.25) is 0 Å². The van der Waals surface area contributed by atoms with Gasteiger partial charge in [0.1, 0.15) is 0 Å². The Morgan fingerprint density at radius 1 is 0.913 bits per heavy atom. The van der Waals surface area contributed by atoms with E-state index < -0.39 is 21.1 Å². The van der Waals surface area contributed by atoms with E-state index >= 15 is 0 Å². The molecule has 0 heterocycles. The van der Waals surface area contributed by atoms with Gasteiger partial charge in [0.25, 0.3) is 0 Å². The largest absolute Gasteiger partial charge is 0.337 e. The van der Waals surface area contributed by atoms with Crippen molar-refractivity contribution in [2.75, 3.05) is 20.0 Å². The third-order valence-electron chi connectivity index (χ3n) is 3.82. The lowest BCUT2D eigenvalue weighted by atomic mass is 9.86. The zero-order valence-electron chi connectivity index (χ0n) is 13.4. The molecule has 10 heteroatoms. The second-order valence-electron chi connectivity index (χ2n) is 5.32. The fourth-order valence-electron chi connectivity index (χ4n) is 3.21. The van der Waals surface area contributed by atoms with Gasteiger partial charge in [-0.1, -0.05) is 24.3 Å². The number of allylic oxidation sites excluding steroid dienone is 4.